The van der Waals surface area contributed by atoms with Crippen LogP contribution in [0.15, 0.2) is 108 Å². The van der Waals surface area contributed by atoms with E-state index >= 15 is 0 Å². The summed E-state index contributed by atoms with van der Waals surface area (Å²) in [5.41, 5.74) is 4.98. The quantitative estimate of drug-likeness (QED) is 0.178. The van der Waals surface area contributed by atoms with E-state index in [-0.39, 0.29) is 11.9 Å². The van der Waals surface area contributed by atoms with E-state index in [2.05, 4.69) is 106 Å². The van der Waals surface area contributed by atoms with Crippen LogP contribution in [0, 0.1) is 6.92 Å². The highest BCUT2D eigenvalue weighted by molar-refractivity contribution is 7.09. The minimum Gasteiger partial charge on any atom is -0.467 e. The Labute approximate surface area is 257 Å². The predicted octanol–water partition coefficient (Wildman–Crippen LogP) is 6.36. The van der Waals surface area contributed by atoms with Crippen molar-refractivity contribution in [2.45, 2.75) is 32.4 Å². The second kappa shape index (κ2) is 13.8. The fraction of sp³-hybridized carbons (Fsp3) is 0.286. The van der Waals surface area contributed by atoms with Gasteiger partial charge in [-0.05, 0) is 35.7 Å². The number of hydrogen-bond acceptors (Lipinski definition) is 7. The molecule has 0 atom stereocenters. The molecule has 2 aromatic heterocycles. The van der Waals surface area contributed by atoms with Crippen LogP contribution in [0.2, 0.25) is 0 Å². The van der Waals surface area contributed by atoms with Crippen molar-refractivity contribution in [2.75, 3.05) is 37.6 Å². The molecule has 1 aliphatic heterocycles. The van der Waals surface area contributed by atoms with Crippen molar-refractivity contribution in [3.63, 3.8) is 0 Å². The highest BCUT2D eigenvalue weighted by Crippen LogP contribution is 2.30. The van der Waals surface area contributed by atoms with E-state index in [9.17, 15) is 4.79 Å². The molecule has 0 unspecified atom stereocenters. The van der Waals surface area contributed by atoms with Gasteiger partial charge in [0.15, 0.2) is 0 Å². The van der Waals surface area contributed by atoms with Gasteiger partial charge < -0.3 is 14.2 Å². The maximum atomic E-state index is 13.5. The third-order valence-electron chi connectivity index (χ3n) is 8.00. The molecule has 220 valence electrons. The summed E-state index contributed by atoms with van der Waals surface area (Å²) in [5, 5.41) is 0.810. The molecule has 5 aromatic rings. The Balaban J connectivity index is 1.09. The van der Waals surface area contributed by atoms with E-state index < -0.39 is 0 Å². The standard InChI is InChI=1S/C35H37N5O2S/c1-27-14-16-28(17-15-27)25-32-36-35(43-37-32)40(26-31-13-8-24-42-31)19-18-33(41)38-20-22-39(23-21-38)34(29-9-4-2-5-10-29)30-11-6-3-7-12-30/h2-17,24,34H,18-23,25-26H2,1H3. The van der Waals surface area contributed by atoms with Crippen molar-refractivity contribution in [2.24, 2.45) is 0 Å². The van der Waals surface area contributed by atoms with Crippen molar-refractivity contribution >= 4 is 22.6 Å². The SMILES string of the molecule is Cc1ccc(Cc2nsc(N(CCC(=O)N3CCN(C(c4ccccc4)c4ccccc4)CC3)Cc3ccco3)n2)cc1. The molecule has 43 heavy (non-hydrogen) atoms. The summed E-state index contributed by atoms with van der Waals surface area (Å²) in [6.07, 6.45) is 2.77. The van der Waals surface area contributed by atoms with Crippen molar-refractivity contribution in [1.82, 2.24) is 19.2 Å². The number of nitrogens with zero attached hydrogens (tertiary/aromatic N) is 5. The van der Waals surface area contributed by atoms with Crippen LogP contribution in [0.3, 0.4) is 0 Å². The molecule has 0 saturated carbocycles. The molecule has 3 aromatic carbocycles. The average Bonchev–Trinajstić information content (AvgIpc) is 3.74. The normalized spacial score (nSPS) is 13.9. The number of rotatable bonds is 11. The Morgan fingerprint density at radius 2 is 1.56 bits per heavy atom. The molecule has 0 radical (unpaired) electrons. The molecular weight excluding hydrogens is 554 g/mol. The van der Waals surface area contributed by atoms with E-state index in [1.807, 2.05) is 17.0 Å². The third-order valence-corrected chi connectivity index (χ3v) is 8.81. The van der Waals surface area contributed by atoms with Crippen LogP contribution in [0.5, 0.6) is 0 Å². The minimum absolute atomic E-state index is 0.171. The maximum absolute atomic E-state index is 13.5. The summed E-state index contributed by atoms with van der Waals surface area (Å²) < 4.78 is 10.3. The Hall–Kier alpha value is -4.27. The van der Waals surface area contributed by atoms with E-state index in [0.29, 0.717) is 39.0 Å². The molecular formula is C35H37N5O2S. The monoisotopic (exact) mass is 591 g/mol. The lowest BCUT2D eigenvalue weighted by Crippen LogP contribution is -2.50. The van der Waals surface area contributed by atoms with Gasteiger partial charge in [-0.1, -0.05) is 90.5 Å². The molecule has 6 rings (SSSR count). The van der Waals surface area contributed by atoms with Crippen molar-refractivity contribution < 1.29 is 9.21 Å². The van der Waals surface area contributed by atoms with Gasteiger partial charge in [-0.2, -0.15) is 4.37 Å². The number of benzene rings is 3. The zero-order valence-electron chi connectivity index (χ0n) is 24.5. The van der Waals surface area contributed by atoms with Gasteiger partial charge in [-0.25, -0.2) is 4.98 Å². The summed E-state index contributed by atoms with van der Waals surface area (Å²) >= 11 is 1.38. The van der Waals surface area contributed by atoms with E-state index in [0.717, 1.165) is 29.8 Å². The Kier molecular flexibility index (Phi) is 9.25. The number of anilines is 1. The molecule has 0 spiro atoms. The molecule has 0 aliphatic carbocycles. The second-order valence-corrected chi connectivity index (χ2v) is 11.8. The summed E-state index contributed by atoms with van der Waals surface area (Å²) in [4.78, 5) is 24.9. The van der Waals surface area contributed by atoms with Crippen LogP contribution >= 0.6 is 11.5 Å². The first-order valence-corrected chi connectivity index (χ1v) is 15.7. The first kappa shape index (κ1) is 28.8. The van der Waals surface area contributed by atoms with Gasteiger partial charge in [0.25, 0.3) is 0 Å². The molecule has 8 heteroatoms. The Morgan fingerprint density at radius 3 is 2.19 bits per heavy atom. The Bertz CT molecular complexity index is 1520. The summed E-state index contributed by atoms with van der Waals surface area (Å²) in [7, 11) is 0. The molecule has 0 bridgehead atoms. The first-order valence-electron chi connectivity index (χ1n) is 14.9. The average molecular weight is 592 g/mol. The van der Waals surface area contributed by atoms with E-state index in [1.54, 1.807) is 6.26 Å². The zero-order chi connectivity index (χ0) is 29.4. The lowest BCUT2D eigenvalue weighted by molar-refractivity contribution is -0.133. The van der Waals surface area contributed by atoms with E-state index in [4.69, 9.17) is 9.40 Å². The molecule has 3 heterocycles. The first-order chi connectivity index (χ1) is 21.1. The topological polar surface area (TPSA) is 65.7 Å². The maximum Gasteiger partial charge on any atom is 0.224 e. The van der Waals surface area contributed by atoms with Gasteiger partial charge >= 0.3 is 0 Å². The molecule has 1 aliphatic rings. The number of amides is 1. The van der Waals surface area contributed by atoms with Crippen LogP contribution in [-0.2, 0) is 17.8 Å². The second-order valence-electron chi connectivity index (χ2n) is 11.0. The fourth-order valence-electron chi connectivity index (χ4n) is 5.67. The summed E-state index contributed by atoms with van der Waals surface area (Å²) in [6.45, 7) is 6.27. The van der Waals surface area contributed by atoms with Gasteiger partial charge in [0, 0.05) is 57.1 Å². The molecule has 0 N–H and O–H groups in total. The zero-order valence-corrected chi connectivity index (χ0v) is 25.3. The molecule has 1 saturated heterocycles. The fourth-order valence-corrected chi connectivity index (χ4v) is 6.38. The molecule has 1 fully saturated rings. The number of aryl methyl sites for hydroxylation is 1. The molecule has 1 amide bonds. The largest absolute Gasteiger partial charge is 0.467 e. The van der Waals surface area contributed by atoms with Crippen molar-refractivity contribution in [3.05, 3.63) is 137 Å². The van der Waals surface area contributed by atoms with Gasteiger partial charge in [0.2, 0.25) is 11.0 Å². The number of carbonyl (C=O) groups excluding carboxylic acids is 1. The summed E-state index contributed by atoms with van der Waals surface area (Å²) in [5.74, 6) is 1.80. The van der Waals surface area contributed by atoms with Crippen LogP contribution in [0.1, 0.15) is 46.3 Å². The minimum atomic E-state index is 0.171. The molecule has 7 nitrogen and oxygen atoms in total. The lowest BCUT2D eigenvalue weighted by Gasteiger charge is -2.40. The number of furan rings is 1. The van der Waals surface area contributed by atoms with Gasteiger partial charge in [0.05, 0.1) is 18.8 Å². The van der Waals surface area contributed by atoms with Crippen molar-refractivity contribution in [3.8, 4) is 0 Å². The van der Waals surface area contributed by atoms with Crippen LogP contribution in [0.25, 0.3) is 0 Å². The van der Waals surface area contributed by atoms with E-state index in [1.165, 1.54) is 33.8 Å². The van der Waals surface area contributed by atoms with Crippen LogP contribution < -0.4 is 4.90 Å². The number of carbonyl (C=O) groups is 1. The van der Waals surface area contributed by atoms with Gasteiger partial charge in [0.1, 0.15) is 11.6 Å². The van der Waals surface area contributed by atoms with Crippen molar-refractivity contribution in [1.29, 1.82) is 0 Å². The van der Waals surface area contributed by atoms with Gasteiger partial charge in [-0.3, -0.25) is 9.69 Å². The number of aromatic nitrogens is 2. The highest BCUT2D eigenvalue weighted by atomic mass is 32.1. The Morgan fingerprint density at radius 1 is 0.884 bits per heavy atom. The lowest BCUT2D eigenvalue weighted by atomic mass is 9.96. The van der Waals surface area contributed by atoms with Crippen LogP contribution in [-0.4, -0.2) is 57.8 Å². The predicted molar refractivity (Wildman–Crippen MR) is 171 cm³/mol. The summed E-state index contributed by atoms with van der Waals surface area (Å²) in [6, 6.07) is 33.8. The van der Waals surface area contributed by atoms with Crippen LogP contribution in [0.4, 0.5) is 5.13 Å². The smallest absolute Gasteiger partial charge is 0.224 e. The van der Waals surface area contributed by atoms with Gasteiger partial charge in [-0.15, -0.1) is 0 Å². The number of hydrogen-bond donors (Lipinski definition) is 0. The number of piperazine rings is 1. The highest BCUT2D eigenvalue weighted by Gasteiger charge is 2.28. The third kappa shape index (κ3) is 7.39.